The lowest BCUT2D eigenvalue weighted by molar-refractivity contribution is 0.156. The highest BCUT2D eigenvalue weighted by atomic mass is 35.5. The van der Waals surface area contributed by atoms with Gasteiger partial charge in [0.05, 0.1) is 6.54 Å². The lowest BCUT2D eigenvalue weighted by Crippen LogP contribution is -2.26. The number of anilines is 1. The van der Waals surface area contributed by atoms with Gasteiger partial charge in [-0.2, -0.15) is 0 Å². The molecule has 100 valence electrons. The van der Waals surface area contributed by atoms with Crippen LogP contribution in [0.3, 0.4) is 0 Å². The molecule has 0 unspecified atom stereocenters. The molecule has 2 nitrogen and oxygen atoms in total. The summed E-state index contributed by atoms with van der Waals surface area (Å²) in [6.45, 7) is 0.351. The molecular formula is C13H17ClF2N2. The Morgan fingerprint density at radius 1 is 1.44 bits per heavy atom. The van der Waals surface area contributed by atoms with Gasteiger partial charge in [-0.15, -0.1) is 0 Å². The van der Waals surface area contributed by atoms with E-state index >= 15 is 0 Å². The van der Waals surface area contributed by atoms with Gasteiger partial charge in [0.1, 0.15) is 0 Å². The van der Waals surface area contributed by atoms with Gasteiger partial charge >= 0.3 is 0 Å². The van der Waals surface area contributed by atoms with Gasteiger partial charge in [0.2, 0.25) is 0 Å². The van der Waals surface area contributed by atoms with E-state index < -0.39 is 6.43 Å². The highest BCUT2D eigenvalue weighted by Crippen LogP contribution is 2.28. The van der Waals surface area contributed by atoms with Gasteiger partial charge in [0.15, 0.2) is 0 Å². The summed E-state index contributed by atoms with van der Waals surface area (Å²) in [6.07, 6.45) is 0.0255. The topological polar surface area (TPSA) is 15.3 Å². The Hall–Kier alpha value is -0.870. The number of nitrogens with one attached hydrogen (secondary N) is 1. The van der Waals surface area contributed by atoms with Crippen LogP contribution >= 0.6 is 11.6 Å². The monoisotopic (exact) mass is 274 g/mol. The summed E-state index contributed by atoms with van der Waals surface area (Å²) in [5.74, 6) is 0. The van der Waals surface area contributed by atoms with Gasteiger partial charge in [-0.1, -0.05) is 17.7 Å². The maximum absolute atomic E-state index is 12.4. The lowest BCUT2D eigenvalue weighted by Gasteiger charge is -2.23. The van der Waals surface area contributed by atoms with Crippen molar-refractivity contribution in [2.75, 3.05) is 18.5 Å². The van der Waals surface area contributed by atoms with Gasteiger partial charge in [-0.25, -0.2) is 8.78 Å². The van der Waals surface area contributed by atoms with Crippen molar-refractivity contribution >= 4 is 17.3 Å². The molecule has 0 heterocycles. The molecule has 0 atom stereocenters. The van der Waals surface area contributed by atoms with Crippen molar-refractivity contribution in [1.82, 2.24) is 5.32 Å². The lowest BCUT2D eigenvalue weighted by atomic mass is 10.1. The van der Waals surface area contributed by atoms with Crippen LogP contribution in [-0.2, 0) is 6.54 Å². The normalized spacial score (nSPS) is 15.2. The molecule has 0 saturated heterocycles. The summed E-state index contributed by atoms with van der Waals surface area (Å²) in [5, 5.41) is 3.99. The summed E-state index contributed by atoms with van der Waals surface area (Å²) < 4.78 is 24.9. The first kappa shape index (κ1) is 13.6. The zero-order chi connectivity index (χ0) is 13.1. The van der Waals surface area contributed by atoms with Crippen LogP contribution in [-0.4, -0.2) is 26.1 Å². The van der Waals surface area contributed by atoms with Crippen LogP contribution in [0.1, 0.15) is 18.4 Å². The van der Waals surface area contributed by atoms with Crippen LogP contribution in [0.15, 0.2) is 18.2 Å². The molecule has 1 saturated carbocycles. The van der Waals surface area contributed by atoms with Crippen LogP contribution in [0.4, 0.5) is 14.5 Å². The molecule has 1 fully saturated rings. The number of benzene rings is 1. The Morgan fingerprint density at radius 2 is 2.17 bits per heavy atom. The van der Waals surface area contributed by atoms with E-state index in [0.717, 1.165) is 11.3 Å². The third kappa shape index (κ3) is 3.56. The molecule has 0 bridgehead atoms. The largest absolute Gasteiger partial charge is 0.369 e. The average Bonchev–Trinajstić information content (AvgIpc) is 3.10. The van der Waals surface area contributed by atoms with Crippen molar-refractivity contribution in [2.45, 2.75) is 31.9 Å². The fraction of sp³-hybridized carbons (Fsp3) is 0.538. The van der Waals surface area contributed by atoms with E-state index in [4.69, 9.17) is 11.6 Å². The van der Waals surface area contributed by atoms with Crippen LogP contribution in [0.25, 0.3) is 0 Å². The summed E-state index contributed by atoms with van der Waals surface area (Å²) in [6, 6.07) is 5.98. The molecule has 0 spiro atoms. The van der Waals surface area contributed by atoms with E-state index in [-0.39, 0.29) is 6.54 Å². The third-order valence-electron chi connectivity index (χ3n) is 3.06. The molecular weight excluding hydrogens is 258 g/mol. The van der Waals surface area contributed by atoms with Crippen molar-refractivity contribution in [2.24, 2.45) is 0 Å². The van der Waals surface area contributed by atoms with E-state index in [0.29, 0.717) is 17.6 Å². The Labute approximate surface area is 111 Å². The molecule has 1 aromatic carbocycles. The maximum Gasteiger partial charge on any atom is 0.255 e. The Balaban J connectivity index is 2.13. The van der Waals surface area contributed by atoms with Crippen LogP contribution in [0.5, 0.6) is 0 Å². The molecule has 0 aliphatic heterocycles. The number of hydrogen-bond acceptors (Lipinski definition) is 2. The van der Waals surface area contributed by atoms with Crippen molar-refractivity contribution < 1.29 is 8.78 Å². The molecule has 2 rings (SSSR count). The van der Waals surface area contributed by atoms with Crippen LogP contribution in [0.2, 0.25) is 5.02 Å². The van der Waals surface area contributed by atoms with Crippen molar-refractivity contribution in [3.63, 3.8) is 0 Å². The molecule has 0 aromatic heterocycles. The number of nitrogens with zero attached hydrogens (tertiary/aromatic N) is 1. The van der Waals surface area contributed by atoms with E-state index in [9.17, 15) is 8.78 Å². The maximum atomic E-state index is 12.4. The summed E-state index contributed by atoms with van der Waals surface area (Å²) in [4.78, 5) is 1.56. The highest BCUT2D eigenvalue weighted by molar-refractivity contribution is 6.31. The standard InChI is InChI=1S/C13H17ClF2N2/c1-18(8-13(15)16)12-4-2-3-11(14)10(12)7-17-9-5-6-9/h2-4,9,13,17H,5-8H2,1H3. The van der Waals surface area contributed by atoms with Gasteiger partial charge in [0.25, 0.3) is 6.43 Å². The summed E-state index contributed by atoms with van der Waals surface area (Å²) >= 11 is 6.16. The second-order valence-corrected chi connectivity index (χ2v) is 5.07. The Bertz CT molecular complexity index is 408. The predicted octanol–water partition coefficient (Wildman–Crippen LogP) is 3.29. The molecule has 18 heavy (non-hydrogen) atoms. The molecule has 1 aromatic rings. The molecule has 0 radical (unpaired) electrons. The van der Waals surface area contributed by atoms with Gasteiger partial charge in [-0.3, -0.25) is 0 Å². The fourth-order valence-electron chi connectivity index (χ4n) is 1.92. The number of halogens is 3. The van der Waals surface area contributed by atoms with E-state index in [1.54, 1.807) is 24.1 Å². The van der Waals surface area contributed by atoms with Crippen LogP contribution < -0.4 is 10.2 Å². The average molecular weight is 275 g/mol. The van der Waals surface area contributed by atoms with Crippen molar-refractivity contribution in [3.8, 4) is 0 Å². The quantitative estimate of drug-likeness (QED) is 0.856. The molecule has 0 amide bonds. The highest BCUT2D eigenvalue weighted by Gasteiger charge is 2.22. The van der Waals surface area contributed by atoms with E-state index in [1.165, 1.54) is 12.8 Å². The minimum absolute atomic E-state index is 0.281. The first-order valence-electron chi connectivity index (χ1n) is 6.08. The summed E-state index contributed by atoms with van der Waals surface area (Å²) in [7, 11) is 1.67. The van der Waals surface area contributed by atoms with E-state index in [1.807, 2.05) is 6.07 Å². The zero-order valence-corrected chi connectivity index (χ0v) is 11.1. The number of hydrogen-bond donors (Lipinski definition) is 1. The van der Waals surface area contributed by atoms with Crippen molar-refractivity contribution in [3.05, 3.63) is 28.8 Å². The fourth-order valence-corrected chi connectivity index (χ4v) is 2.16. The second-order valence-electron chi connectivity index (χ2n) is 4.66. The Kier molecular flexibility index (Phi) is 4.40. The number of rotatable bonds is 6. The second kappa shape index (κ2) is 5.85. The SMILES string of the molecule is CN(CC(F)F)c1cccc(Cl)c1CNC1CC1. The van der Waals surface area contributed by atoms with Gasteiger partial charge in [0, 0.05) is 35.9 Å². The third-order valence-corrected chi connectivity index (χ3v) is 3.42. The van der Waals surface area contributed by atoms with Crippen molar-refractivity contribution in [1.29, 1.82) is 0 Å². The number of alkyl halides is 2. The first-order chi connectivity index (χ1) is 8.58. The molecule has 1 aliphatic carbocycles. The molecule has 1 aliphatic rings. The minimum atomic E-state index is -2.35. The van der Waals surface area contributed by atoms with E-state index in [2.05, 4.69) is 5.32 Å². The zero-order valence-electron chi connectivity index (χ0n) is 10.3. The predicted molar refractivity (Wildman–Crippen MR) is 70.6 cm³/mol. The molecule has 1 N–H and O–H groups in total. The van der Waals surface area contributed by atoms with Gasteiger partial charge in [-0.05, 0) is 25.0 Å². The Morgan fingerprint density at radius 3 is 2.78 bits per heavy atom. The smallest absolute Gasteiger partial charge is 0.255 e. The first-order valence-corrected chi connectivity index (χ1v) is 6.45. The summed E-state index contributed by atoms with van der Waals surface area (Å²) in [5.41, 5.74) is 1.67. The molecule has 5 heteroatoms. The van der Waals surface area contributed by atoms with Crippen LogP contribution in [0, 0.1) is 0 Å². The van der Waals surface area contributed by atoms with Gasteiger partial charge < -0.3 is 10.2 Å². The minimum Gasteiger partial charge on any atom is -0.369 e.